The number of benzene rings is 3. The third-order valence-corrected chi connectivity index (χ3v) is 8.31. The van der Waals surface area contributed by atoms with Crippen molar-refractivity contribution in [2.75, 3.05) is 33.4 Å². The maximum absolute atomic E-state index is 13.1. The topological polar surface area (TPSA) is 84.9 Å². The van der Waals surface area contributed by atoms with Crippen molar-refractivity contribution >= 4 is 15.9 Å². The van der Waals surface area contributed by atoms with E-state index in [1.807, 2.05) is 61.5 Å². The number of amides is 1. The van der Waals surface area contributed by atoms with Crippen molar-refractivity contribution in [2.45, 2.75) is 30.7 Å². The van der Waals surface area contributed by atoms with Gasteiger partial charge in [-0.1, -0.05) is 54.6 Å². The summed E-state index contributed by atoms with van der Waals surface area (Å²) in [5.41, 5.74) is 3.80. The number of sulfonamides is 1. The van der Waals surface area contributed by atoms with Gasteiger partial charge in [0, 0.05) is 19.5 Å². The molecule has 4 rings (SSSR count). The van der Waals surface area contributed by atoms with E-state index in [2.05, 4.69) is 5.32 Å². The molecule has 0 spiro atoms. The molecule has 1 amide bonds. The highest BCUT2D eigenvalue weighted by atomic mass is 32.2. The van der Waals surface area contributed by atoms with Crippen LogP contribution in [0.2, 0.25) is 0 Å². The first-order valence-corrected chi connectivity index (χ1v) is 13.5. The van der Waals surface area contributed by atoms with Gasteiger partial charge >= 0.3 is 0 Å². The van der Waals surface area contributed by atoms with E-state index in [4.69, 9.17) is 9.47 Å². The number of ether oxygens (including phenoxy) is 2. The molecule has 0 bridgehead atoms. The molecule has 1 N–H and O–H groups in total. The number of hydrogen-bond acceptors (Lipinski definition) is 5. The molecule has 1 aliphatic heterocycles. The Hall–Kier alpha value is -3.20. The predicted octanol–water partition coefficient (Wildman–Crippen LogP) is 3.86. The van der Waals surface area contributed by atoms with Crippen LogP contribution in [0.25, 0.3) is 0 Å². The summed E-state index contributed by atoms with van der Waals surface area (Å²) in [7, 11) is -2.11. The second kappa shape index (κ2) is 11.7. The van der Waals surface area contributed by atoms with Crippen LogP contribution in [0.15, 0.2) is 77.7 Å². The highest BCUT2D eigenvalue weighted by molar-refractivity contribution is 7.89. The van der Waals surface area contributed by atoms with Crippen molar-refractivity contribution in [2.24, 2.45) is 0 Å². The van der Waals surface area contributed by atoms with Gasteiger partial charge in [0.2, 0.25) is 15.9 Å². The van der Waals surface area contributed by atoms with Crippen LogP contribution in [-0.4, -0.2) is 52.0 Å². The summed E-state index contributed by atoms with van der Waals surface area (Å²) < 4.78 is 38.4. The standard InChI is InChI=1S/C28H32N2O5S/c1-21-8-6-7-11-25(21)28(22-9-4-3-5-10-22)29-27(31)15-12-23-20-24(13-14-26(23)34-2)36(32,33)30-16-18-35-19-17-30/h3-11,13-14,20,28H,12,15-19H2,1-2H3,(H,29,31). The van der Waals surface area contributed by atoms with Gasteiger partial charge in [-0.25, -0.2) is 8.42 Å². The van der Waals surface area contributed by atoms with Crippen molar-refractivity contribution in [1.29, 1.82) is 0 Å². The van der Waals surface area contributed by atoms with E-state index >= 15 is 0 Å². The summed E-state index contributed by atoms with van der Waals surface area (Å²) in [5, 5.41) is 3.17. The Bertz CT molecular complexity index is 1290. The average Bonchev–Trinajstić information content (AvgIpc) is 2.92. The SMILES string of the molecule is COc1ccc(S(=O)(=O)N2CCOCC2)cc1CCC(=O)NC(c1ccccc1)c1ccccc1C. The molecule has 3 aromatic rings. The summed E-state index contributed by atoms with van der Waals surface area (Å²) >= 11 is 0. The average molecular weight is 509 g/mol. The van der Waals surface area contributed by atoms with Crippen LogP contribution >= 0.6 is 0 Å². The molecule has 1 unspecified atom stereocenters. The largest absolute Gasteiger partial charge is 0.496 e. The maximum atomic E-state index is 13.1. The fourth-order valence-electron chi connectivity index (χ4n) is 4.42. The molecule has 0 radical (unpaired) electrons. The lowest BCUT2D eigenvalue weighted by atomic mass is 9.94. The molecule has 8 heteroatoms. The normalized spacial score (nSPS) is 15.3. The third kappa shape index (κ3) is 5.95. The number of nitrogens with one attached hydrogen (secondary N) is 1. The minimum absolute atomic E-state index is 0.129. The fraction of sp³-hybridized carbons (Fsp3) is 0.321. The molecule has 1 aliphatic rings. The first-order chi connectivity index (χ1) is 17.4. The second-order valence-corrected chi connectivity index (χ2v) is 10.7. The van der Waals surface area contributed by atoms with E-state index in [0.29, 0.717) is 44.0 Å². The zero-order valence-corrected chi connectivity index (χ0v) is 21.5. The van der Waals surface area contributed by atoms with Crippen molar-refractivity contribution in [3.63, 3.8) is 0 Å². The number of nitrogens with zero attached hydrogens (tertiary/aromatic N) is 1. The molecule has 0 saturated carbocycles. The van der Waals surface area contributed by atoms with Gasteiger partial charge in [0.1, 0.15) is 5.75 Å². The molecule has 0 aromatic heterocycles. The zero-order valence-electron chi connectivity index (χ0n) is 20.6. The van der Waals surface area contributed by atoms with E-state index in [1.165, 1.54) is 4.31 Å². The number of hydrogen-bond donors (Lipinski definition) is 1. The van der Waals surface area contributed by atoms with Gasteiger partial charge in [0.25, 0.3) is 0 Å². The summed E-state index contributed by atoms with van der Waals surface area (Å²) in [6, 6.07) is 22.4. The maximum Gasteiger partial charge on any atom is 0.243 e. The van der Waals surface area contributed by atoms with Crippen LogP contribution in [0.5, 0.6) is 5.75 Å². The Balaban J connectivity index is 1.52. The summed E-state index contributed by atoms with van der Waals surface area (Å²) in [4.78, 5) is 13.3. The molecule has 36 heavy (non-hydrogen) atoms. The van der Waals surface area contributed by atoms with Gasteiger partial charge in [0.05, 0.1) is 31.3 Å². The lowest BCUT2D eigenvalue weighted by molar-refractivity contribution is -0.121. The van der Waals surface area contributed by atoms with E-state index < -0.39 is 10.0 Å². The van der Waals surface area contributed by atoms with Gasteiger partial charge in [-0.3, -0.25) is 4.79 Å². The van der Waals surface area contributed by atoms with Gasteiger partial charge in [-0.05, 0) is 53.8 Å². The molecule has 7 nitrogen and oxygen atoms in total. The highest BCUT2D eigenvalue weighted by Crippen LogP contribution is 2.28. The fourth-order valence-corrected chi connectivity index (χ4v) is 5.88. The predicted molar refractivity (Wildman–Crippen MR) is 138 cm³/mol. The number of rotatable bonds is 9. The van der Waals surface area contributed by atoms with Crippen molar-refractivity contribution in [1.82, 2.24) is 9.62 Å². The molecule has 1 atom stereocenters. The number of carbonyl (C=O) groups excluding carboxylic acids is 1. The van der Waals surface area contributed by atoms with E-state index in [9.17, 15) is 13.2 Å². The minimum Gasteiger partial charge on any atom is -0.496 e. The van der Waals surface area contributed by atoms with Crippen LogP contribution in [0, 0.1) is 6.92 Å². The smallest absolute Gasteiger partial charge is 0.243 e. The number of aryl methyl sites for hydroxylation is 2. The van der Waals surface area contributed by atoms with E-state index in [0.717, 1.165) is 16.7 Å². The third-order valence-electron chi connectivity index (χ3n) is 6.42. The van der Waals surface area contributed by atoms with Crippen LogP contribution in [0.3, 0.4) is 0 Å². The Morgan fingerprint density at radius 2 is 1.72 bits per heavy atom. The molecule has 1 heterocycles. The lowest BCUT2D eigenvalue weighted by Gasteiger charge is -2.26. The first kappa shape index (κ1) is 25.9. The Kier molecular flexibility index (Phi) is 8.40. The second-order valence-electron chi connectivity index (χ2n) is 8.76. The van der Waals surface area contributed by atoms with E-state index in [1.54, 1.807) is 25.3 Å². The molecule has 1 saturated heterocycles. The first-order valence-electron chi connectivity index (χ1n) is 12.0. The van der Waals surface area contributed by atoms with Crippen LogP contribution in [0.1, 0.15) is 34.7 Å². The van der Waals surface area contributed by atoms with Crippen molar-refractivity contribution < 1.29 is 22.7 Å². The number of morpholine rings is 1. The van der Waals surface area contributed by atoms with Gasteiger partial charge in [0.15, 0.2) is 0 Å². The molecule has 0 aliphatic carbocycles. The molecule has 190 valence electrons. The monoisotopic (exact) mass is 508 g/mol. The van der Waals surface area contributed by atoms with Crippen molar-refractivity contribution in [3.05, 3.63) is 95.1 Å². The number of methoxy groups -OCH3 is 1. The quantitative estimate of drug-likeness (QED) is 0.475. The molecule has 3 aromatic carbocycles. The van der Waals surface area contributed by atoms with Crippen LogP contribution in [0.4, 0.5) is 0 Å². The lowest BCUT2D eigenvalue weighted by Crippen LogP contribution is -2.40. The Morgan fingerprint density at radius 3 is 2.42 bits per heavy atom. The summed E-state index contributed by atoms with van der Waals surface area (Å²) in [5.74, 6) is 0.429. The highest BCUT2D eigenvalue weighted by Gasteiger charge is 2.27. The Morgan fingerprint density at radius 1 is 1.03 bits per heavy atom. The Labute approximate surface area is 213 Å². The van der Waals surface area contributed by atoms with Crippen molar-refractivity contribution in [3.8, 4) is 5.75 Å². The van der Waals surface area contributed by atoms with Crippen LogP contribution < -0.4 is 10.1 Å². The summed E-state index contributed by atoms with van der Waals surface area (Å²) in [6.07, 6.45) is 0.531. The molecular formula is C28H32N2O5S. The number of carbonyl (C=O) groups is 1. The van der Waals surface area contributed by atoms with E-state index in [-0.39, 0.29) is 23.3 Å². The van der Waals surface area contributed by atoms with Gasteiger partial charge < -0.3 is 14.8 Å². The zero-order chi connectivity index (χ0) is 25.5. The minimum atomic E-state index is -3.65. The van der Waals surface area contributed by atoms with Gasteiger partial charge in [-0.15, -0.1) is 0 Å². The molecule has 1 fully saturated rings. The summed E-state index contributed by atoms with van der Waals surface area (Å²) in [6.45, 7) is 3.44. The van der Waals surface area contributed by atoms with Crippen LogP contribution in [-0.2, 0) is 26.0 Å². The molecular weight excluding hydrogens is 476 g/mol. The van der Waals surface area contributed by atoms with Gasteiger partial charge in [-0.2, -0.15) is 4.31 Å².